The molecule has 0 fully saturated rings. The van der Waals surface area contributed by atoms with Gasteiger partial charge in [-0.05, 0) is 91.9 Å². The van der Waals surface area contributed by atoms with Crippen LogP contribution in [0.3, 0.4) is 0 Å². The van der Waals surface area contributed by atoms with Gasteiger partial charge in [-0.25, -0.2) is 4.98 Å². The van der Waals surface area contributed by atoms with Gasteiger partial charge >= 0.3 is 0 Å². The van der Waals surface area contributed by atoms with E-state index in [-0.39, 0.29) is 59.8 Å². The number of hydrogen-bond acceptors (Lipinski definition) is 2. The van der Waals surface area contributed by atoms with E-state index in [1.807, 2.05) is 72.9 Å². The molecule has 68 heavy (non-hydrogen) atoms. The molecule has 0 radical (unpaired) electrons. The van der Waals surface area contributed by atoms with Crippen molar-refractivity contribution < 1.29 is 44.1 Å². The van der Waals surface area contributed by atoms with E-state index < -0.39 is 60.4 Å². The van der Waals surface area contributed by atoms with E-state index in [0.717, 1.165) is 51.6 Å². The number of fused-ring (bicyclic) bond motifs is 5. The number of ether oxygens (including phenoxy) is 1. The Morgan fingerprint density at radius 1 is 0.588 bits per heavy atom. The monoisotopic (exact) mass is 1070 g/mol. The molecule has 3 heterocycles. The van der Waals surface area contributed by atoms with Crippen molar-refractivity contribution in [2.75, 3.05) is 0 Å². The van der Waals surface area contributed by atoms with Crippen molar-refractivity contribution in [3.05, 3.63) is 224 Å². The molecule has 0 spiro atoms. The molecule has 1 aliphatic rings. The number of hydrogen-bond donors (Lipinski definition) is 0. The Bertz CT molecular complexity index is 4150. The van der Waals surface area contributed by atoms with Crippen LogP contribution in [0.25, 0.3) is 83.4 Å². The Morgan fingerprint density at radius 3 is 1.99 bits per heavy atom. The first kappa shape index (κ1) is 33.2. The largest absolute Gasteiger partial charge is 0.510 e. The summed E-state index contributed by atoms with van der Waals surface area (Å²) in [6.45, 7) is 9.34. The maximum atomic E-state index is 9.05. The van der Waals surface area contributed by atoms with Crippen LogP contribution in [0.5, 0.6) is 11.5 Å². The summed E-state index contributed by atoms with van der Waals surface area (Å²) in [6.07, 6.45) is 7.47. The molecule has 11 aromatic rings. The normalized spacial score (nSPS) is 15.9. The Hall–Kier alpha value is -7.33. The topological polar surface area (TPSA) is 35.9 Å². The summed E-state index contributed by atoms with van der Waals surface area (Å²) in [5.41, 5.74) is 8.46. The average molecular weight is 1070 g/mol. The molecule has 0 saturated heterocycles. The standard InChI is InChI=1S/C62H48N4O.Pt/c1-61(2)35-36-62(3,4)54-38-44(31-34-53(54)61)50-27-17-37-63-60(50)66-55-28-12-11-24-51(55)52-33-32-47(40-58(52)66)67-46-23-15-22-45(39-46)64-41-65(57-30-14-13-29-56(57)64)59-48(42-18-7-5-8-19-42)25-16-26-49(59)43-20-9-6-10-21-43;/h5-34,37-38H,35-36H2,1-4H3;/q-2;/i5D,6D,7D,8D,9D,10D,18D,19D,20D,21D;. The van der Waals surface area contributed by atoms with Crippen LogP contribution in [-0.2, 0) is 31.9 Å². The number of rotatable bonds is 8. The van der Waals surface area contributed by atoms with E-state index in [0.29, 0.717) is 28.2 Å². The average Bonchev–Trinajstić information content (AvgIpc) is 4.19. The van der Waals surface area contributed by atoms with Gasteiger partial charge in [0.25, 0.3) is 6.33 Å². The van der Waals surface area contributed by atoms with Gasteiger partial charge in [-0.2, -0.15) is 18.2 Å². The van der Waals surface area contributed by atoms with Crippen molar-refractivity contribution in [3.63, 3.8) is 0 Å². The predicted octanol–water partition coefficient (Wildman–Crippen LogP) is 14.9. The number of benzene rings is 8. The van der Waals surface area contributed by atoms with Gasteiger partial charge in [0, 0.05) is 49.8 Å². The van der Waals surface area contributed by atoms with Crippen LogP contribution in [0.15, 0.2) is 194 Å². The van der Waals surface area contributed by atoms with Gasteiger partial charge in [0.2, 0.25) is 0 Å². The number of imidazole rings is 1. The van der Waals surface area contributed by atoms with Gasteiger partial charge in [0.1, 0.15) is 5.82 Å². The number of nitrogens with zero attached hydrogens (tertiary/aromatic N) is 4. The fourth-order valence-electron chi connectivity index (χ4n) is 9.82. The van der Waals surface area contributed by atoms with Gasteiger partial charge in [-0.15, -0.1) is 29.7 Å². The summed E-state index contributed by atoms with van der Waals surface area (Å²) in [4.78, 5) is 5.07. The fourth-order valence-corrected chi connectivity index (χ4v) is 9.82. The predicted molar refractivity (Wildman–Crippen MR) is 272 cm³/mol. The summed E-state index contributed by atoms with van der Waals surface area (Å²) in [6, 6.07) is 42.4. The molecule has 0 atom stereocenters. The van der Waals surface area contributed by atoms with Crippen LogP contribution in [0.2, 0.25) is 0 Å². The van der Waals surface area contributed by atoms with E-state index in [1.165, 1.54) is 11.1 Å². The van der Waals surface area contributed by atoms with Crippen LogP contribution in [0.4, 0.5) is 0 Å². The molecule has 0 saturated carbocycles. The third-order valence-corrected chi connectivity index (χ3v) is 13.3. The zero-order valence-corrected chi connectivity index (χ0v) is 39.9. The minimum absolute atomic E-state index is 0. The molecule has 334 valence electrons. The second kappa shape index (κ2) is 17.1. The van der Waals surface area contributed by atoms with E-state index >= 15 is 0 Å². The maximum absolute atomic E-state index is 9.05. The Morgan fingerprint density at radius 2 is 1.24 bits per heavy atom. The first-order valence-corrected chi connectivity index (χ1v) is 22.4. The summed E-state index contributed by atoms with van der Waals surface area (Å²) < 4.78 is 99.5. The smallest absolute Gasteiger partial charge is 0.268 e. The zero-order valence-electron chi connectivity index (χ0n) is 47.6. The van der Waals surface area contributed by atoms with Crippen molar-refractivity contribution in [1.29, 1.82) is 0 Å². The van der Waals surface area contributed by atoms with Gasteiger partial charge in [0.15, 0.2) is 0 Å². The summed E-state index contributed by atoms with van der Waals surface area (Å²) in [7, 11) is 0. The van der Waals surface area contributed by atoms with E-state index in [2.05, 4.69) is 87.1 Å². The van der Waals surface area contributed by atoms with E-state index in [9.17, 15) is 0 Å². The molecular formula is C62H48N4OPt-2. The van der Waals surface area contributed by atoms with Crippen molar-refractivity contribution in [2.24, 2.45) is 0 Å². The summed E-state index contributed by atoms with van der Waals surface area (Å²) >= 11 is 0. The van der Waals surface area contributed by atoms with Crippen LogP contribution in [-0.4, -0.2) is 14.1 Å². The van der Waals surface area contributed by atoms with Crippen molar-refractivity contribution in [1.82, 2.24) is 14.1 Å². The first-order valence-electron chi connectivity index (χ1n) is 27.4. The molecule has 1 aliphatic carbocycles. The molecule has 3 aromatic heterocycles. The Balaban J connectivity index is 0.00000645. The third kappa shape index (κ3) is 7.37. The van der Waals surface area contributed by atoms with Crippen LogP contribution in [0.1, 0.15) is 65.4 Å². The summed E-state index contributed by atoms with van der Waals surface area (Å²) in [5, 5.41) is 2.01. The van der Waals surface area contributed by atoms with Crippen LogP contribution in [0, 0.1) is 18.5 Å². The molecule has 0 aliphatic heterocycles. The third-order valence-electron chi connectivity index (χ3n) is 13.3. The minimum atomic E-state index is -0.572. The SMILES string of the molecule is [2H]c1c([2H])c([2H])c(-c2cccc(-c3c([2H])c([2H])c([2H])c([2H])c3[2H])c2-[n+]2[c-]n(-c3[c-]c(Oc4[c-]c5c(cc4)c4ccccc4n5-c4ncccc4-c4ccc5c(c4)C(C)(C)CCC5(C)C)ccc3)c3ccccc32)c([2H])c1[2H].[Pt]. The van der Waals surface area contributed by atoms with Crippen molar-refractivity contribution in [2.45, 2.75) is 51.4 Å². The molecule has 0 amide bonds. The number of aromatic nitrogens is 4. The maximum Gasteiger partial charge on any atom is 0.268 e. The molecule has 0 unspecified atom stereocenters. The molecule has 0 N–H and O–H groups in total. The van der Waals surface area contributed by atoms with E-state index in [4.69, 9.17) is 23.4 Å². The molecular weight excluding hydrogens is 1010 g/mol. The van der Waals surface area contributed by atoms with Crippen LogP contribution >= 0.6 is 0 Å². The van der Waals surface area contributed by atoms with Crippen molar-refractivity contribution >= 4 is 32.8 Å². The quantitative estimate of drug-likeness (QED) is 0.112. The summed E-state index contributed by atoms with van der Waals surface area (Å²) in [5.74, 6) is 1.55. The molecule has 5 nitrogen and oxygen atoms in total. The molecule has 8 aromatic carbocycles. The second-order valence-electron chi connectivity index (χ2n) is 18.3. The minimum Gasteiger partial charge on any atom is -0.510 e. The van der Waals surface area contributed by atoms with E-state index in [1.54, 1.807) is 33.4 Å². The van der Waals surface area contributed by atoms with Gasteiger partial charge < -0.3 is 13.9 Å². The second-order valence-corrected chi connectivity index (χ2v) is 18.3. The molecule has 6 heteroatoms. The van der Waals surface area contributed by atoms with Gasteiger partial charge in [0.05, 0.1) is 30.4 Å². The number of pyridine rings is 1. The number of para-hydroxylation sites is 4. The Labute approximate surface area is 426 Å². The Kier molecular flexibility index (Phi) is 8.34. The van der Waals surface area contributed by atoms with Gasteiger partial charge in [-0.3, -0.25) is 4.57 Å². The zero-order chi connectivity index (χ0) is 54.0. The fraction of sp³-hybridized carbons (Fsp3) is 0.129. The molecule has 0 bridgehead atoms. The molecule has 12 rings (SSSR count). The van der Waals surface area contributed by atoms with Crippen molar-refractivity contribution in [3.8, 4) is 62.1 Å². The van der Waals surface area contributed by atoms with Gasteiger partial charge in [-0.1, -0.05) is 172 Å². The van der Waals surface area contributed by atoms with Crippen LogP contribution < -0.4 is 9.30 Å². The first-order chi connectivity index (χ1) is 36.9.